The Balaban J connectivity index is 1.40. The normalized spacial score (nSPS) is 11.3. The molecule has 4 nitrogen and oxygen atoms in total. The van der Waals surface area contributed by atoms with Crippen molar-refractivity contribution in [3.05, 3.63) is 53.7 Å². The maximum Gasteiger partial charge on any atom is 0.126 e. The van der Waals surface area contributed by atoms with Crippen LogP contribution in [0, 0.1) is 6.92 Å². The molecule has 0 radical (unpaired) electrons. The van der Waals surface area contributed by atoms with Gasteiger partial charge in [-0.05, 0) is 42.5 Å². The van der Waals surface area contributed by atoms with Crippen molar-refractivity contribution in [3.63, 3.8) is 0 Å². The summed E-state index contributed by atoms with van der Waals surface area (Å²) in [5, 5.41) is 22.0. The lowest BCUT2D eigenvalue weighted by Gasteiger charge is -2.14. The molecule has 0 aliphatic carbocycles. The zero-order valence-electron chi connectivity index (χ0n) is 22.0. The number of aromatic hydroxyl groups is 1. The molecule has 0 saturated carbocycles. The fourth-order valence-corrected chi connectivity index (χ4v) is 5.03. The van der Waals surface area contributed by atoms with Crippen molar-refractivity contribution in [1.29, 1.82) is 0 Å². The van der Waals surface area contributed by atoms with Gasteiger partial charge in [-0.3, -0.25) is 5.10 Å². The molecule has 2 aromatic carbocycles. The first kappa shape index (κ1) is 27.0. The Labute approximate surface area is 212 Å². The molecule has 35 heavy (non-hydrogen) atoms. The molecule has 0 spiro atoms. The quantitative estimate of drug-likeness (QED) is 0.191. The number of aryl methyl sites for hydroxylation is 2. The molecule has 4 heteroatoms. The van der Waals surface area contributed by atoms with Gasteiger partial charge in [-0.25, -0.2) is 0 Å². The summed E-state index contributed by atoms with van der Waals surface area (Å²) in [6.45, 7) is 4.39. The van der Waals surface area contributed by atoms with E-state index in [-0.39, 0.29) is 0 Å². The van der Waals surface area contributed by atoms with E-state index in [1.807, 2.05) is 18.2 Å². The van der Waals surface area contributed by atoms with Gasteiger partial charge in [0.05, 0.1) is 6.20 Å². The van der Waals surface area contributed by atoms with Gasteiger partial charge < -0.3 is 5.11 Å². The smallest absolute Gasteiger partial charge is 0.126 e. The van der Waals surface area contributed by atoms with Crippen LogP contribution in [-0.2, 0) is 6.42 Å². The van der Waals surface area contributed by atoms with Gasteiger partial charge in [-0.1, -0.05) is 126 Å². The van der Waals surface area contributed by atoms with Crippen molar-refractivity contribution in [1.82, 2.24) is 15.4 Å². The van der Waals surface area contributed by atoms with E-state index in [0.717, 1.165) is 40.8 Å². The molecule has 3 aromatic rings. The minimum Gasteiger partial charge on any atom is -0.507 e. The van der Waals surface area contributed by atoms with Crippen LogP contribution in [0.5, 0.6) is 5.75 Å². The van der Waals surface area contributed by atoms with Crippen molar-refractivity contribution < 1.29 is 5.11 Å². The number of rotatable bonds is 17. The highest BCUT2D eigenvalue weighted by Crippen LogP contribution is 2.39. The zero-order chi connectivity index (χ0) is 24.7. The van der Waals surface area contributed by atoms with Gasteiger partial charge in [0.2, 0.25) is 0 Å². The number of aromatic nitrogens is 3. The SMILES string of the molecule is CCCCCCCCCCCCCCCCc1cc(C)cc(-c2ccccc2-c2c[nH]nn2)c1O. The van der Waals surface area contributed by atoms with Crippen LogP contribution < -0.4 is 0 Å². The van der Waals surface area contributed by atoms with E-state index < -0.39 is 0 Å². The zero-order valence-corrected chi connectivity index (χ0v) is 22.0. The molecule has 0 bridgehead atoms. The summed E-state index contributed by atoms with van der Waals surface area (Å²) in [7, 11) is 0. The molecule has 0 atom stereocenters. The number of hydrogen-bond donors (Lipinski definition) is 2. The van der Waals surface area contributed by atoms with Crippen LogP contribution in [0.25, 0.3) is 22.4 Å². The summed E-state index contributed by atoms with van der Waals surface area (Å²) >= 11 is 0. The summed E-state index contributed by atoms with van der Waals surface area (Å²) in [5.41, 5.74) is 5.86. The lowest BCUT2D eigenvalue weighted by Crippen LogP contribution is -1.93. The van der Waals surface area contributed by atoms with Gasteiger partial charge in [0.15, 0.2) is 0 Å². The highest BCUT2D eigenvalue weighted by molar-refractivity contribution is 5.85. The maximum absolute atomic E-state index is 11.1. The first-order valence-corrected chi connectivity index (χ1v) is 14.0. The Kier molecular flexibility index (Phi) is 11.9. The van der Waals surface area contributed by atoms with Gasteiger partial charge in [0.1, 0.15) is 11.4 Å². The lowest BCUT2D eigenvalue weighted by atomic mass is 9.92. The van der Waals surface area contributed by atoms with Crippen LogP contribution >= 0.6 is 0 Å². The van der Waals surface area contributed by atoms with Crippen LogP contribution in [0.1, 0.15) is 108 Å². The van der Waals surface area contributed by atoms with Crippen LogP contribution in [0.15, 0.2) is 42.6 Å². The molecular weight excluding hydrogens is 430 g/mol. The molecule has 1 heterocycles. The number of unbranched alkanes of at least 4 members (excludes halogenated alkanes) is 13. The topological polar surface area (TPSA) is 61.8 Å². The highest BCUT2D eigenvalue weighted by Gasteiger charge is 2.15. The molecule has 190 valence electrons. The second-order valence-electron chi connectivity index (χ2n) is 10.1. The molecule has 1 aromatic heterocycles. The van der Waals surface area contributed by atoms with Crippen molar-refractivity contribution in [2.75, 3.05) is 0 Å². The summed E-state index contributed by atoms with van der Waals surface area (Å²) in [6, 6.07) is 12.3. The number of H-pyrrole nitrogens is 1. The van der Waals surface area contributed by atoms with Crippen LogP contribution in [-0.4, -0.2) is 20.5 Å². The summed E-state index contributed by atoms with van der Waals surface area (Å²) in [4.78, 5) is 0. The highest BCUT2D eigenvalue weighted by atomic mass is 16.3. The van der Waals surface area contributed by atoms with Crippen molar-refractivity contribution in [3.8, 4) is 28.1 Å². The number of phenolic OH excluding ortho intramolecular Hbond substituents is 1. The number of nitrogens with zero attached hydrogens (tertiary/aromatic N) is 2. The third-order valence-corrected chi connectivity index (χ3v) is 7.04. The molecule has 2 N–H and O–H groups in total. The van der Waals surface area contributed by atoms with Crippen LogP contribution in [0.4, 0.5) is 0 Å². The van der Waals surface area contributed by atoms with Gasteiger partial charge >= 0.3 is 0 Å². The van der Waals surface area contributed by atoms with Gasteiger partial charge in [-0.2, -0.15) is 0 Å². The predicted octanol–water partition coefficient (Wildman–Crippen LogP) is 9.18. The Morgan fingerprint density at radius 2 is 1.29 bits per heavy atom. The van der Waals surface area contributed by atoms with Crippen molar-refractivity contribution in [2.45, 2.75) is 110 Å². The molecule has 0 aliphatic rings. The van der Waals surface area contributed by atoms with E-state index in [1.165, 1.54) is 89.0 Å². The number of hydrogen-bond acceptors (Lipinski definition) is 3. The maximum atomic E-state index is 11.1. The molecule has 0 amide bonds. The van der Waals surface area contributed by atoms with E-state index >= 15 is 0 Å². The van der Waals surface area contributed by atoms with Crippen LogP contribution in [0.2, 0.25) is 0 Å². The van der Waals surface area contributed by atoms with Gasteiger partial charge in [0, 0.05) is 11.1 Å². The summed E-state index contributed by atoms with van der Waals surface area (Å²) in [6.07, 6.45) is 21.7. The first-order chi connectivity index (χ1) is 17.2. The number of nitrogens with one attached hydrogen (secondary N) is 1. The summed E-state index contributed by atoms with van der Waals surface area (Å²) in [5.74, 6) is 0.404. The minimum atomic E-state index is 0.404. The Morgan fingerprint density at radius 3 is 1.86 bits per heavy atom. The number of benzene rings is 2. The number of phenols is 1. The lowest BCUT2D eigenvalue weighted by molar-refractivity contribution is 0.467. The van der Waals surface area contributed by atoms with Crippen molar-refractivity contribution in [2.24, 2.45) is 0 Å². The average Bonchev–Trinajstić information content (AvgIpc) is 3.41. The molecule has 0 saturated heterocycles. The van der Waals surface area contributed by atoms with E-state index in [9.17, 15) is 5.11 Å². The summed E-state index contributed by atoms with van der Waals surface area (Å²) < 4.78 is 0. The fraction of sp³-hybridized carbons (Fsp3) is 0.548. The third kappa shape index (κ3) is 8.83. The molecule has 0 unspecified atom stereocenters. The van der Waals surface area contributed by atoms with E-state index in [1.54, 1.807) is 6.20 Å². The standard InChI is InChI=1S/C31H45N3O/c1-3-4-5-6-7-8-9-10-11-12-13-14-15-16-19-26-22-25(2)23-29(31(26)35)27-20-17-18-21-28(27)30-24-32-34-33-30/h17-18,20-24,35H,3-16,19H2,1-2H3,(H,32,33,34). The third-order valence-electron chi connectivity index (χ3n) is 7.04. The molecular formula is C31H45N3O. The molecule has 0 aliphatic heterocycles. The van der Waals surface area contributed by atoms with E-state index in [0.29, 0.717) is 5.75 Å². The minimum absolute atomic E-state index is 0.404. The first-order valence-electron chi connectivity index (χ1n) is 14.0. The predicted molar refractivity (Wildman–Crippen MR) is 148 cm³/mol. The molecule has 0 fully saturated rings. The average molecular weight is 476 g/mol. The van der Waals surface area contributed by atoms with E-state index in [4.69, 9.17) is 0 Å². The fourth-order valence-electron chi connectivity index (χ4n) is 5.03. The van der Waals surface area contributed by atoms with Gasteiger partial charge in [0.25, 0.3) is 0 Å². The molecule has 3 rings (SSSR count). The van der Waals surface area contributed by atoms with E-state index in [2.05, 4.69) is 47.5 Å². The Bertz CT molecular complexity index is 981. The van der Waals surface area contributed by atoms with Crippen LogP contribution in [0.3, 0.4) is 0 Å². The Hall–Kier alpha value is -2.62. The monoisotopic (exact) mass is 475 g/mol. The Morgan fingerprint density at radius 1 is 0.714 bits per heavy atom. The number of aromatic amines is 1. The van der Waals surface area contributed by atoms with Gasteiger partial charge in [-0.15, -0.1) is 5.10 Å². The largest absolute Gasteiger partial charge is 0.507 e. The van der Waals surface area contributed by atoms with Crippen molar-refractivity contribution >= 4 is 0 Å². The second kappa shape index (κ2) is 15.4. The second-order valence-corrected chi connectivity index (χ2v) is 10.1.